The molecule has 31 heavy (non-hydrogen) atoms. The monoisotopic (exact) mass is 481 g/mol. The van der Waals surface area contributed by atoms with Crippen molar-refractivity contribution >= 4 is 33.6 Å². The second kappa shape index (κ2) is 11.2. The Kier molecular flexibility index (Phi) is 8.12. The summed E-state index contributed by atoms with van der Waals surface area (Å²) in [5, 5.41) is 2.83. The number of rotatable bonds is 9. The van der Waals surface area contributed by atoms with E-state index in [1.807, 2.05) is 61.5 Å². The highest BCUT2D eigenvalue weighted by atomic mass is 79.9. The normalized spacial score (nSPS) is 10.7. The maximum atomic E-state index is 12.3. The van der Waals surface area contributed by atoms with Gasteiger partial charge in [-0.3, -0.25) is 4.79 Å². The van der Waals surface area contributed by atoms with Gasteiger partial charge in [-0.1, -0.05) is 30.3 Å². The van der Waals surface area contributed by atoms with E-state index >= 15 is 0 Å². The first kappa shape index (κ1) is 22.4. The minimum atomic E-state index is -0.233. The van der Waals surface area contributed by atoms with Gasteiger partial charge in [0.15, 0.2) is 11.5 Å². The Morgan fingerprint density at radius 2 is 1.77 bits per heavy atom. The van der Waals surface area contributed by atoms with Crippen LogP contribution in [0.4, 0.5) is 5.69 Å². The van der Waals surface area contributed by atoms with E-state index in [9.17, 15) is 4.79 Å². The van der Waals surface area contributed by atoms with Crippen molar-refractivity contribution in [3.8, 4) is 17.2 Å². The minimum Gasteiger partial charge on any atom is -0.494 e. The van der Waals surface area contributed by atoms with Gasteiger partial charge in [-0.2, -0.15) is 0 Å². The number of benzene rings is 3. The minimum absolute atomic E-state index is 0.233. The summed E-state index contributed by atoms with van der Waals surface area (Å²) in [5.41, 5.74) is 2.56. The van der Waals surface area contributed by atoms with Gasteiger partial charge in [-0.05, 0) is 76.5 Å². The SMILES string of the molecule is CCOc1ccc(NC(=O)C=Cc2cc(Br)c(OCc3ccccc3)c(OC)c2)cc1. The molecule has 160 valence electrons. The first-order valence-corrected chi connectivity index (χ1v) is 10.6. The van der Waals surface area contributed by atoms with Crippen LogP contribution in [-0.4, -0.2) is 19.6 Å². The third-order valence-corrected chi connectivity index (χ3v) is 4.93. The maximum Gasteiger partial charge on any atom is 0.248 e. The lowest BCUT2D eigenvalue weighted by atomic mass is 10.2. The highest BCUT2D eigenvalue weighted by molar-refractivity contribution is 9.10. The summed E-state index contributed by atoms with van der Waals surface area (Å²) in [6.07, 6.45) is 3.19. The van der Waals surface area contributed by atoms with Gasteiger partial charge in [0, 0.05) is 11.8 Å². The molecular formula is C25H24BrNO4. The molecule has 0 atom stereocenters. The van der Waals surface area contributed by atoms with Crippen LogP contribution >= 0.6 is 15.9 Å². The number of methoxy groups -OCH3 is 1. The number of carbonyl (C=O) groups is 1. The Morgan fingerprint density at radius 3 is 2.45 bits per heavy atom. The highest BCUT2D eigenvalue weighted by Crippen LogP contribution is 2.37. The lowest BCUT2D eigenvalue weighted by Gasteiger charge is -2.13. The van der Waals surface area contributed by atoms with E-state index in [1.165, 1.54) is 6.08 Å². The van der Waals surface area contributed by atoms with Gasteiger partial charge in [-0.15, -0.1) is 0 Å². The zero-order valence-corrected chi connectivity index (χ0v) is 19.0. The molecule has 1 N–H and O–H groups in total. The van der Waals surface area contributed by atoms with Crippen LogP contribution < -0.4 is 19.5 Å². The number of hydrogen-bond donors (Lipinski definition) is 1. The third kappa shape index (κ3) is 6.62. The van der Waals surface area contributed by atoms with Crippen LogP contribution in [0.15, 0.2) is 77.3 Å². The molecule has 0 fully saturated rings. The number of nitrogens with one attached hydrogen (secondary N) is 1. The molecule has 0 spiro atoms. The first-order chi connectivity index (χ1) is 15.1. The molecular weight excluding hydrogens is 458 g/mol. The van der Waals surface area contributed by atoms with Crippen molar-refractivity contribution in [2.24, 2.45) is 0 Å². The molecule has 0 unspecified atom stereocenters. The summed E-state index contributed by atoms with van der Waals surface area (Å²) >= 11 is 3.54. The fourth-order valence-electron chi connectivity index (χ4n) is 2.86. The predicted molar refractivity (Wildman–Crippen MR) is 127 cm³/mol. The average Bonchev–Trinajstić information content (AvgIpc) is 2.79. The summed E-state index contributed by atoms with van der Waals surface area (Å²) < 4.78 is 17.6. The molecule has 0 bridgehead atoms. The molecule has 6 heteroatoms. The molecule has 1 amide bonds. The van der Waals surface area contributed by atoms with Crippen molar-refractivity contribution in [3.63, 3.8) is 0 Å². The van der Waals surface area contributed by atoms with E-state index in [-0.39, 0.29) is 5.91 Å². The van der Waals surface area contributed by atoms with Gasteiger partial charge in [0.1, 0.15) is 12.4 Å². The second-order valence-electron chi connectivity index (χ2n) is 6.59. The predicted octanol–water partition coefficient (Wildman–Crippen LogP) is 6.09. The summed E-state index contributed by atoms with van der Waals surface area (Å²) in [6, 6.07) is 20.8. The van der Waals surface area contributed by atoms with Crippen molar-refractivity contribution in [1.82, 2.24) is 0 Å². The lowest BCUT2D eigenvalue weighted by Crippen LogP contribution is -2.07. The number of hydrogen-bond acceptors (Lipinski definition) is 4. The molecule has 0 aromatic heterocycles. The third-order valence-electron chi connectivity index (χ3n) is 4.34. The zero-order valence-electron chi connectivity index (χ0n) is 17.4. The van der Waals surface area contributed by atoms with Gasteiger partial charge >= 0.3 is 0 Å². The van der Waals surface area contributed by atoms with Crippen molar-refractivity contribution in [2.45, 2.75) is 13.5 Å². The van der Waals surface area contributed by atoms with Crippen molar-refractivity contribution in [2.75, 3.05) is 19.0 Å². The number of ether oxygens (including phenoxy) is 3. The molecule has 0 saturated carbocycles. The van der Waals surface area contributed by atoms with Crippen LogP contribution in [0.25, 0.3) is 6.08 Å². The maximum absolute atomic E-state index is 12.3. The van der Waals surface area contributed by atoms with Crippen LogP contribution in [-0.2, 0) is 11.4 Å². The molecule has 0 aliphatic rings. The number of amides is 1. The van der Waals surface area contributed by atoms with Crippen molar-refractivity contribution in [3.05, 3.63) is 88.4 Å². The summed E-state index contributed by atoms with van der Waals surface area (Å²) in [5.74, 6) is 1.73. The zero-order chi connectivity index (χ0) is 22.1. The van der Waals surface area contributed by atoms with Crippen LogP contribution in [0.5, 0.6) is 17.2 Å². The Bertz CT molecular complexity index is 1030. The summed E-state index contributed by atoms with van der Waals surface area (Å²) in [7, 11) is 1.59. The second-order valence-corrected chi connectivity index (χ2v) is 7.44. The van der Waals surface area contributed by atoms with Gasteiger partial charge in [0.05, 0.1) is 18.2 Å². The molecule has 3 aromatic carbocycles. The Morgan fingerprint density at radius 1 is 1.03 bits per heavy atom. The standard InChI is InChI=1S/C25H24BrNO4/c1-3-30-21-12-10-20(11-13-21)27-24(28)14-9-19-15-22(26)25(23(16-19)29-2)31-17-18-7-5-4-6-8-18/h4-16H,3,17H2,1-2H3,(H,27,28). The van der Waals surface area contributed by atoms with E-state index in [2.05, 4.69) is 21.2 Å². The van der Waals surface area contributed by atoms with E-state index in [1.54, 1.807) is 25.3 Å². The van der Waals surface area contributed by atoms with Gasteiger partial charge in [0.25, 0.3) is 0 Å². The summed E-state index contributed by atoms with van der Waals surface area (Å²) in [4.78, 5) is 12.3. The molecule has 5 nitrogen and oxygen atoms in total. The van der Waals surface area contributed by atoms with Crippen molar-refractivity contribution in [1.29, 1.82) is 0 Å². The van der Waals surface area contributed by atoms with Crippen LogP contribution in [0.3, 0.4) is 0 Å². The fourth-order valence-corrected chi connectivity index (χ4v) is 3.44. The molecule has 0 heterocycles. The molecule has 0 aliphatic carbocycles. The molecule has 3 rings (SSSR count). The Balaban J connectivity index is 1.65. The fraction of sp³-hybridized carbons (Fsp3) is 0.160. The first-order valence-electron chi connectivity index (χ1n) is 9.85. The van der Waals surface area contributed by atoms with Crippen LogP contribution in [0.2, 0.25) is 0 Å². The Labute approximate surface area is 190 Å². The molecule has 0 aliphatic heterocycles. The average molecular weight is 482 g/mol. The highest BCUT2D eigenvalue weighted by Gasteiger charge is 2.11. The molecule has 0 saturated heterocycles. The van der Waals surface area contributed by atoms with E-state index in [0.29, 0.717) is 30.4 Å². The smallest absolute Gasteiger partial charge is 0.248 e. The van der Waals surface area contributed by atoms with Crippen molar-refractivity contribution < 1.29 is 19.0 Å². The van der Waals surface area contributed by atoms with E-state index in [4.69, 9.17) is 14.2 Å². The quantitative estimate of drug-likeness (QED) is 0.375. The largest absolute Gasteiger partial charge is 0.494 e. The summed E-state index contributed by atoms with van der Waals surface area (Å²) in [6.45, 7) is 2.95. The lowest BCUT2D eigenvalue weighted by molar-refractivity contribution is -0.111. The topological polar surface area (TPSA) is 56.8 Å². The molecule has 3 aromatic rings. The number of carbonyl (C=O) groups excluding carboxylic acids is 1. The van der Waals surface area contributed by atoms with Gasteiger partial charge in [-0.25, -0.2) is 0 Å². The van der Waals surface area contributed by atoms with Gasteiger partial charge in [0.2, 0.25) is 5.91 Å². The van der Waals surface area contributed by atoms with E-state index < -0.39 is 0 Å². The number of halogens is 1. The Hall–Kier alpha value is -3.25. The van der Waals surface area contributed by atoms with Crippen LogP contribution in [0, 0.1) is 0 Å². The van der Waals surface area contributed by atoms with E-state index in [0.717, 1.165) is 21.3 Å². The number of anilines is 1. The van der Waals surface area contributed by atoms with Gasteiger partial charge < -0.3 is 19.5 Å². The van der Waals surface area contributed by atoms with Crippen LogP contribution in [0.1, 0.15) is 18.1 Å². The molecule has 0 radical (unpaired) electrons.